The Bertz CT molecular complexity index is 2370. The minimum absolute atomic E-state index is 0.0142. The Balaban J connectivity index is 1.27. The predicted molar refractivity (Wildman–Crippen MR) is 352 cm³/mol. The van der Waals surface area contributed by atoms with Gasteiger partial charge in [-0.1, -0.05) is 52.4 Å². The molecule has 14 N–H and O–H groups in total. The third-order valence-corrected chi connectivity index (χ3v) is 20.7. The minimum atomic E-state index is -4.91. The molecule has 22 atom stereocenters. The van der Waals surface area contributed by atoms with E-state index < -0.39 is 180 Å². The number of phosphoric ester groups is 4. The second-order valence-electron chi connectivity index (χ2n) is 25.5. The molecule has 4 fully saturated rings. The molecule has 4 aliphatic rings. The molecule has 598 valence electrons. The first kappa shape index (κ1) is 90.8. The molecule has 0 bridgehead atoms. The number of amides is 1. The fraction of sp³-hybridized carbons (Fsp3) is 0.983. The highest BCUT2D eigenvalue weighted by Gasteiger charge is 2.47. The van der Waals surface area contributed by atoms with Crippen molar-refractivity contribution in [2.75, 3.05) is 132 Å². The summed E-state index contributed by atoms with van der Waals surface area (Å²) in [5, 5.41) is 92.4. The highest BCUT2D eigenvalue weighted by Crippen LogP contribution is 2.47. The molecular formula is C60H117NO36P4. The van der Waals surface area contributed by atoms with E-state index in [9.17, 15) is 88.6 Å². The number of aliphatic hydroxyl groups is 9. The molecule has 0 aromatic carbocycles. The van der Waals surface area contributed by atoms with Gasteiger partial charge in [-0.15, -0.1) is 0 Å². The Morgan fingerprint density at radius 3 is 1.10 bits per heavy atom. The van der Waals surface area contributed by atoms with Gasteiger partial charge in [-0.2, -0.15) is 0 Å². The SMILES string of the molecule is [3H]C1C[C@H](C)OC1COP(=O)(O)OCC(COCCCOP(=O)(O)OCCCCCCO[C@@H]1OC(CO)[C@H](O)[C@H](O)C1C)(COCCCOP(=O)(O)OCCCCCCO[C@@H]1OC(CO)[C@H](O)[C@H](O)C1C)COCCCOP(=O)(O)OCCCCCCO[C@@H]1OC(CO)[C@H](O)[C@H](O)C1NC(C)=O. The molecule has 0 spiro atoms. The van der Waals surface area contributed by atoms with Gasteiger partial charge in [0.2, 0.25) is 5.91 Å². The van der Waals surface area contributed by atoms with Crippen molar-refractivity contribution >= 4 is 37.2 Å². The van der Waals surface area contributed by atoms with Crippen LogP contribution in [-0.2, 0) is 107 Å². The molecular weight excluding hydrogens is 1430 g/mol. The van der Waals surface area contributed by atoms with Crippen LogP contribution in [-0.4, -0.2) is 296 Å². The summed E-state index contributed by atoms with van der Waals surface area (Å²) in [6.07, 6.45) is -8.71. The van der Waals surface area contributed by atoms with Crippen LogP contribution in [0.1, 0.15) is 138 Å². The van der Waals surface area contributed by atoms with E-state index in [0.29, 0.717) is 83.5 Å². The number of carbonyl (C=O) groups is 1. The average Bonchev–Trinajstić information content (AvgIpc) is 0.958. The van der Waals surface area contributed by atoms with Crippen LogP contribution in [0.25, 0.3) is 0 Å². The van der Waals surface area contributed by atoms with Gasteiger partial charge >= 0.3 is 31.3 Å². The number of unbranched alkanes of at least 4 members (excludes halogenated alkanes) is 9. The minimum Gasteiger partial charge on any atom is -0.394 e. The van der Waals surface area contributed by atoms with Gasteiger partial charge in [0.15, 0.2) is 18.9 Å². The van der Waals surface area contributed by atoms with Crippen molar-refractivity contribution in [3.05, 3.63) is 0 Å². The van der Waals surface area contributed by atoms with Crippen LogP contribution >= 0.6 is 31.3 Å². The number of aliphatic hydroxyl groups excluding tert-OH is 9. The molecule has 0 radical (unpaired) electrons. The maximum absolute atomic E-state index is 13.5. The third kappa shape index (κ3) is 36.5. The normalized spacial score (nSPS) is 31.9. The molecule has 37 nitrogen and oxygen atoms in total. The summed E-state index contributed by atoms with van der Waals surface area (Å²) < 4.78 is 159. The summed E-state index contributed by atoms with van der Waals surface area (Å²) >= 11 is 0. The van der Waals surface area contributed by atoms with Gasteiger partial charge in [0.05, 0.1) is 122 Å². The van der Waals surface area contributed by atoms with E-state index >= 15 is 0 Å². The standard InChI is InChI=1S/C60H117NO36P4/c1-42-20-21-46(94-42)37-92-101(78,79)93-41-60(38-80-22-17-31-89-98(72,73)86-28-14-8-5-11-25-83-57-43(2)51(66)53(68)47(34-62)95-57,39-81-23-18-32-90-99(74,75)87-29-15-9-6-12-26-84-58-44(3)52(67)54(69)48(35-63)96-58)40-82-24-19-33-91-100(76,77)88-30-16-10-7-13-27-85-59-50(61-45(4)65)56(71)55(70)49(36-64)97-59/h42-44,46-59,62-64,66-71H,5-41H2,1-4H3,(H,61,65)(H,72,73)(H,74,75)(H,76,77)(H,78,79)/t42-,43?,44?,46?,47?,48?,49?,50?,51+,52+,53-,54-,55-,56+,57+,58+,59+,60?/m0/s1/i21T/t21?,42-,43?,44?,46?,47?,48?,49?,50?,51+,52+,53-,54-,55-,56+,57+,58+,59+,60?. The number of ether oxygens (including phenoxy) is 10. The highest BCUT2D eigenvalue weighted by molar-refractivity contribution is 7.48. The van der Waals surface area contributed by atoms with Crippen LogP contribution in [0.4, 0.5) is 0 Å². The van der Waals surface area contributed by atoms with Crippen LogP contribution in [0.5, 0.6) is 0 Å². The lowest BCUT2D eigenvalue weighted by Crippen LogP contribution is -2.64. The summed E-state index contributed by atoms with van der Waals surface area (Å²) in [5.41, 5.74) is -1.48. The van der Waals surface area contributed by atoms with E-state index in [2.05, 4.69) is 5.32 Å². The zero-order valence-electron chi connectivity index (χ0n) is 59.3. The third-order valence-electron chi connectivity index (χ3n) is 16.7. The van der Waals surface area contributed by atoms with Gasteiger partial charge in [0.25, 0.3) is 0 Å². The van der Waals surface area contributed by atoms with Crippen LogP contribution in [0.15, 0.2) is 0 Å². The molecule has 4 saturated heterocycles. The van der Waals surface area contributed by atoms with Crippen molar-refractivity contribution < 1.29 is 174 Å². The van der Waals surface area contributed by atoms with Gasteiger partial charge in [-0.3, -0.25) is 41.0 Å². The molecule has 0 saturated carbocycles. The highest BCUT2D eigenvalue weighted by atomic mass is 31.2. The summed E-state index contributed by atoms with van der Waals surface area (Å²) in [6.45, 7) is 1.48. The van der Waals surface area contributed by atoms with Crippen molar-refractivity contribution in [2.45, 2.75) is 229 Å². The van der Waals surface area contributed by atoms with Crippen LogP contribution in [0, 0.1) is 17.3 Å². The number of carbonyl (C=O) groups excluding carboxylic acids is 1. The second-order valence-corrected chi connectivity index (χ2v) is 31.4. The van der Waals surface area contributed by atoms with E-state index in [1.807, 2.05) is 0 Å². The van der Waals surface area contributed by atoms with E-state index in [-0.39, 0.29) is 124 Å². The maximum Gasteiger partial charge on any atom is 0.472 e. The van der Waals surface area contributed by atoms with Gasteiger partial charge < -0.3 is 118 Å². The number of rotatable bonds is 58. The van der Waals surface area contributed by atoms with Crippen LogP contribution in [0.3, 0.4) is 0 Å². The molecule has 1 amide bonds. The van der Waals surface area contributed by atoms with Crippen LogP contribution in [0.2, 0.25) is 0 Å². The van der Waals surface area contributed by atoms with E-state index in [1.54, 1.807) is 20.8 Å². The van der Waals surface area contributed by atoms with Gasteiger partial charge in [-0.05, 0) is 77.5 Å². The Morgan fingerprint density at radius 2 is 0.752 bits per heavy atom. The lowest BCUT2D eigenvalue weighted by atomic mass is 9.92. The van der Waals surface area contributed by atoms with Crippen molar-refractivity contribution in [3.8, 4) is 0 Å². The topological polar surface area (TPSA) is 527 Å². The molecule has 4 aliphatic heterocycles. The molecule has 0 aliphatic carbocycles. The first-order chi connectivity index (χ1) is 48.4. The Hall–Kier alpha value is -0.850. The van der Waals surface area contributed by atoms with E-state index in [4.69, 9.17) is 84.9 Å². The first-order valence-electron chi connectivity index (χ1n) is 35.2. The summed E-state index contributed by atoms with van der Waals surface area (Å²) in [6, 6.07) is -1.09. The number of hydrogen-bond donors (Lipinski definition) is 14. The number of nitrogens with one attached hydrogen (secondary N) is 1. The average molecular weight is 1550 g/mol. The molecule has 101 heavy (non-hydrogen) atoms. The lowest BCUT2D eigenvalue weighted by Gasteiger charge is -2.42. The van der Waals surface area contributed by atoms with Gasteiger partial charge in [0.1, 0.15) is 48.8 Å². The molecule has 41 heteroatoms. The van der Waals surface area contributed by atoms with Crippen molar-refractivity contribution in [3.63, 3.8) is 0 Å². The first-order valence-corrected chi connectivity index (χ1v) is 40.6. The van der Waals surface area contributed by atoms with Crippen molar-refractivity contribution in [1.29, 1.82) is 0 Å². The van der Waals surface area contributed by atoms with E-state index in [0.717, 1.165) is 0 Å². The maximum atomic E-state index is 13.5. The van der Waals surface area contributed by atoms with Crippen molar-refractivity contribution in [2.24, 2.45) is 17.3 Å². The smallest absolute Gasteiger partial charge is 0.394 e. The number of phosphoric acid groups is 4. The zero-order chi connectivity index (χ0) is 75.4. The molecule has 0 aromatic heterocycles. The second kappa shape index (κ2) is 49.3. The van der Waals surface area contributed by atoms with Gasteiger partial charge in [0, 0.05) is 59.8 Å². The molecule has 4 heterocycles. The van der Waals surface area contributed by atoms with E-state index in [1.165, 1.54) is 6.92 Å². The lowest BCUT2D eigenvalue weighted by molar-refractivity contribution is -0.282. The van der Waals surface area contributed by atoms with Crippen LogP contribution < -0.4 is 5.32 Å². The summed E-state index contributed by atoms with van der Waals surface area (Å²) in [7, 11) is -18.5. The molecule has 12 unspecified atom stereocenters. The fourth-order valence-electron chi connectivity index (χ4n) is 10.8. The largest absolute Gasteiger partial charge is 0.472 e. The Morgan fingerprint density at radius 1 is 0.426 bits per heavy atom. The van der Waals surface area contributed by atoms with Crippen molar-refractivity contribution in [1.82, 2.24) is 5.32 Å². The fourth-order valence-corrected chi connectivity index (χ4v) is 14.0. The number of hydrogen-bond acceptors (Lipinski definition) is 32. The molecule has 4 rings (SSSR count). The zero-order valence-corrected chi connectivity index (χ0v) is 61.9. The summed E-state index contributed by atoms with van der Waals surface area (Å²) in [5.74, 6) is -1.58. The van der Waals surface area contributed by atoms with Gasteiger partial charge in [-0.25, -0.2) is 18.3 Å². The quantitative estimate of drug-likeness (QED) is 0.0306. The Kier molecular flexibility index (Phi) is 44.3. The molecule has 0 aromatic rings. The Labute approximate surface area is 592 Å². The summed E-state index contributed by atoms with van der Waals surface area (Å²) in [4.78, 5) is 53.8. The monoisotopic (exact) mass is 1550 g/mol. The predicted octanol–water partition coefficient (Wildman–Crippen LogP) is 2.12.